The van der Waals surface area contributed by atoms with Gasteiger partial charge in [-0.3, -0.25) is 4.79 Å². The second-order valence-electron chi connectivity index (χ2n) is 8.75. The molecule has 0 aliphatic rings. The number of carbonyl (C=O) groups excluding carboxylic acids is 1. The first-order valence-corrected chi connectivity index (χ1v) is 11.6. The van der Waals surface area contributed by atoms with Gasteiger partial charge in [0.05, 0.1) is 4.88 Å². The van der Waals surface area contributed by atoms with Crippen molar-refractivity contribution in [2.24, 2.45) is 11.8 Å². The summed E-state index contributed by atoms with van der Waals surface area (Å²) < 4.78 is 0. The second-order valence-corrected chi connectivity index (χ2v) is 9.84. The number of hydrogen-bond donors (Lipinski definition) is 1. The summed E-state index contributed by atoms with van der Waals surface area (Å²) in [5.74, 6) is 0.970. The van der Waals surface area contributed by atoms with Crippen molar-refractivity contribution in [3.05, 3.63) is 82.2 Å². The summed E-state index contributed by atoms with van der Waals surface area (Å²) >= 11 is 1.55. The molecule has 0 aliphatic carbocycles. The van der Waals surface area contributed by atoms with Crippen molar-refractivity contribution in [3.63, 3.8) is 0 Å². The van der Waals surface area contributed by atoms with E-state index in [-0.39, 0.29) is 18.3 Å². The van der Waals surface area contributed by atoms with E-state index in [2.05, 4.69) is 76.2 Å². The van der Waals surface area contributed by atoms with E-state index in [0.717, 1.165) is 21.7 Å². The fraction of sp³-hybridized carbons (Fsp3) is 0.370. The van der Waals surface area contributed by atoms with Gasteiger partial charge in [-0.25, -0.2) is 0 Å². The van der Waals surface area contributed by atoms with Crippen LogP contribution in [0.5, 0.6) is 0 Å². The minimum absolute atomic E-state index is 0.0213. The standard InChI is InChI=1S/C27H32O2S/c1-18(2)22-9-5-7-20(14-22)13-21-8-6-10-23(15-21)26-11-12-27(30-26)25(29)16-24(17-28)19(3)4/h5-12,14-15,18-19,24,28H,13,16-17H2,1-4H3. The SMILES string of the molecule is CC(C)c1cccc(Cc2cccc(-c3ccc(C(=O)CC(CO)C(C)C)s3)c2)c1. The summed E-state index contributed by atoms with van der Waals surface area (Å²) in [5, 5.41) is 9.53. The minimum atomic E-state index is 0.0213. The summed E-state index contributed by atoms with van der Waals surface area (Å²) in [6, 6.07) is 21.4. The number of ketones is 1. The molecule has 0 aliphatic heterocycles. The van der Waals surface area contributed by atoms with E-state index in [9.17, 15) is 9.90 Å². The van der Waals surface area contributed by atoms with Gasteiger partial charge in [-0.15, -0.1) is 11.3 Å². The maximum absolute atomic E-state index is 12.7. The molecule has 1 atom stereocenters. The molecule has 0 fully saturated rings. The van der Waals surface area contributed by atoms with Crippen LogP contribution in [0.3, 0.4) is 0 Å². The van der Waals surface area contributed by atoms with E-state index >= 15 is 0 Å². The summed E-state index contributed by atoms with van der Waals surface area (Å²) in [7, 11) is 0. The average Bonchev–Trinajstić information content (AvgIpc) is 3.22. The van der Waals surface area contributed by atoms with E-state index in [1.165, 1.54) is 16.7 Å². The van der Waals surface area contributed by atoms with E-state index in [1.54, 1.807) is 11.3 Å². The first kappa shape index (κ1) is 22.5. The molecule has 3 rings (SSSR count). The third-order valence-corrected chi connectivity index (χ3v) is 6.92. The van der Waals surface area contributed by atoms with Crippen molar-refractivity contribution in [3.8, 4) is 10.4 Å². The van der Waals surface area contributed by atoms with Gasteiger partial charge in [-0.05, 0) is 58.6 Å². The second kappa shape index (κ2) is 10.2. The van der Waals surface area contributed by atoms with Crippen LogP contribution in [0.4, 0.5) is 0 Å². The summed E-state index contributed by atoms with van der Waals surface area (Å²) in [6.07, 6.45) is 1.30. The number of benzene rings is 2. The lowest BCUT2D eigenvalue weighted by Crippen LogP contribution is -2.17. The average molecular weight is 421 g/mol. The van der Waals surface area contributed by atoms with Gasteiger partial charge in [0.2, 0.25) is 0 Å². The highest BCUT2D eigenvalue weighted by Crippen LogP contribution is 2.31. The molecule has 2 nitrogen and oxygen atoms in total. The van der Waals surface area contributed by atoms with Crippen molar-refractivity contribution in [1.82, 2.24) is 0 Å². The Labute approximate surface area is 184 Å². The van der Waals surface area contributed by atoms with Gasteiger partial charge in [0.15, 0.2) is 5.78 Å². The Morgan fingerprint density at radius 2 is 1.63 bits per heavy atom. The van der Waals surface area contributed by atoms with Crippen molar-refractivity contribution < 1.29 is 9.90 Å². The molecule has 0 spiro atoms. The van der Waals surface area contributed by atoms with E-state index in [1.807, 2.05) is 12.1 Å². The molecule has 158 valence electrons. The van der Waals surface area contributed by atoms with Crippen LogP contribution >= 0.6 is 11.3 Å². The quantitative estimate of drug-likeness (QED) is 0.380. The molecule has 0 saturated carbocycles. The number of Topliss-reactive ketones (excluding diaryl/α,β-unsaturated/α-hetero) is 1. The predicted molar refractivity (Wildman–Crippen MR) is 127 cm³/mol. The lowest BCUT2D eigenvalue weighted by molar-refractivity contribution is 0.0911. The molecular formula is C27H32O2S. The van der Waals surface area contributed by atoms with Crippen molar-refractivity contribution in [1.29, 1.82) is 0 Å². The third-order valence-electron chi connectivity index (χ3n) is 5.74. The number of hydrogen-bond acceptors (Lipinski definition) is 3. The smallest absolute Gasteiger partial charge is 0.173 e. The van der Waals surface area contributed by atoms with Crippen LogP contribution in [0.25, 0.3) is 10.4 Å². The van der Waals surface area contributed by atoms with Gasteiger partial charge in [0.25, 0.3) is 0 Å². The van der Waals surface area contributed by atoms with Crippen molar-refractivity contribution >= 4 is 17.1 Å². The van der Waals surface area contributed by atoms with Gasteiger partial charge < -0.3 is 5.11 Å². The Balaban J connectivity index is 1.75. The normalized spacial score (nSPS) is 12.5. The molecule has 3 aromatic rings. The highest BCUT2D eigenvalue weighted by atomic mass is 32.1. The zero-order valence-electron chi connectivity index (χ0n) is 18.4. The monoisotopic (exact) mass is 420 g/mol. The predicted octanol–water partition coefficient (Wildman–Crippen LogP) is 6.97. The molecule has 0 amide bonds. The Hall–Kier alpha value is -2.23. The maximum atomic E-state index is 12.7. The first-order chi connectivity index (χ1) is 14.4. The zero-order valence-corrected chi connectivity index (χ0v) is 19.2. The highest BCUT2D eigenvalue weighted by Gasteiger charge is 2.19. The fourth-order valence-corrected chi connectivity index (χ4v) is 4.58. The fourth-order valence-electron chi connectivity index (χ4n) is 3.63. The highest BCUT2D eigenvalue weighted by molar-refractivity contribution is 7.17. The minimum Gasteiger partial charge on any atom is -0.396 e. The molecule has 1 heterocycles. The summed E-state index contributed by atoms with van der Waals surface area (Å²) in [4.78, 5) is 14.5. The van der Waals surface area contributed by atoms with E-state index in [4.69, 9.17) is 0 Å². The maximum Gasteiger partial charge on any atom is 0.173 e. The van der Waals surface area contributed by atoms with Crippen molar-refractivity contribution in [2.75, 3.05) is 6.61 Å². The van der Waals surface area contributed by atoms with Crippen LogP contribution in [0.1, 0.15) is 66.4 Å². The molecule has 30 heavy (non-hydrogen) atoms. The molecule has 1 unspecified atom stereocenters. The lowest BCUT2D eigenvalue weighted by atomic mass is 9.91. The molecule has 0 bridgehead atoms. The molecular weight excluding hydrogens is 388 g/mol. The Morgan fingerprint density at radius 1 is 0.933 bits per heavy atom. The molecule has 1 aromatic heterocycles. The summed E-state index contributed by atoms with van der Waals surface area (Å²) in [5.41, 5.74) is 5.12. The molecule has 0 radical (unpaired) electrons. The number of aliphatic hydroxyl groups is 1. The van der Waals surface area contributed by atoms with Gasteiger partial charge in [0.1, 0.15) is 0 Å². The van der Waals surface area contributed by atoms with Crippen LogP contribution in [0.2, 0.25) is 0 Å². The first-order valence-electron chi connectivity index (χ1n) is 10.8. The van der Waals surface area contributed by atoms with E-state index < -0.39 is 0 Å². The number of carbonyl (C=O) groups is 1. The lowest BCUT2D eigenvalue weighted by Gasteiger charge is -2.16. The largest absolute Gasteiger partial charge is 0.396 e. The van der Waals surface area contributed by atoms with Crippen LogP contribution in [0, 0.1) is 11.8 Å². The molecule has 3 heteroatoms. The number of rotatable bonds is 9. The van der Waals surface area contributed by atoms with E-state index in [0.29, 0.717) is 18.3 Å². The topological polar surface area (TPSA) is 37.3 Å². The van der Waals surface area contributed by atoms with Gasteiger partial charge in [0, 0.05) is 17.9 Å². The molecule has 0 saturated heterocycles. The van der Waals surface area contributed by atoms with Crippen LogP contribution in [-0.2, 0) is 6.42 Å². The van der Waals surface area contributed by atoms with Crippen LogP contribution < -0.4 is 0 Å². The Kier molecular flexibility index (Phi) is 7.63. The van der Waals surface area contributed by atoms with Crippen molar-refractivity contribution in [2.45, 2.75) is 46.5 Å². The summed E-state index contributed by atoms with van der Waals surface area (Å²) in [6.45, 7) is 8.60. The third kappa shape index (κ3) is 5.68. The number of aliphatic hydroxyl groups excluding tert-OH is 1. The molecule has 2 aromatic carbocycles. The van der Waals surface area contributed by atoms with Gasteiger partial charge in [-0.1, -0.05) is 76.2 Å². The molecule has 1 N–H and O–H groups in total. The van der Waals surface area contributed by atoms with Gasteiger partial charge in [-0.2, -0.15) is 0 Å². The van der Waals surface area contributed by atoms with Crippen LogP contribution in [0.15, 0.2) is 60.7 Å². The Morgan fingerprint density at radius 3 is 2.30 bits per heavy atom. The van der Waals surface area contributed by atoms with Gasteiger partial charge >= 0.3 is 0 Å². The zero-order chi connectivity index (χ0) is 21.7. The Bertz CT molecular complexity index is 984. The number of thiophene rings is 1. The van der Waals surface area contributed by atoms with Crippen LogP contribution in [-0.4, -0.2) is 17.5 Å².